The van der Waals surface area contributed by atoms with Crippen LogP contribution in [0, 0.1) is 0 Å². The molecular formula is C33H40N4O7. The summed E-state index contributed by atoms with van der Waals surface area (Å²) in [4.78, 5) is 81.1. The molecule has 2 aromatic carbocycles. The van der Waals surface area contributed by atoms with E-state index in [1.165, 1.54) is 9.80 Å². The Morgan fingerprint density at radius 2 is 1.39 bits per heavy atom. The first kappa shape index (κ1) is 32.4. The minimum atomic E-state index is -1.18. The number of esters is 1. The van der Waals surface area contributed by atoms with Crippen molar-refractivity contribution >= 4 is 35.4 Å². The Morgan fingerprint density at radius 1 is 0.818 bits per heavy atom. The molecule has 2 heterocycles. The van der Waals surface area contributed by atoms with Gasteiger partial charge in [0.05, 0.1) is 6.10 Å². The Balaban J connectivity index is 1.51. The summed E-state index contributed by atoms with van der Waals surface area (Å²) in [5.74, 6) is -2.79. The number of piperidine rings is 1. The first-order valence-corrected chi connectivity index (χ1v) is 15.1. The predicted molar refractivity (Wildman–Crippen MR) is 161 cm³/mol. The Kier molecular flexibility index (Phi) is 11.2. The molecule has 2 N–H and O–H groups in total. The summed E-state index contributed by atoms with van der Waals surface area (Å²) in [5.41, 5.74) is 1.57. The lowest BCUT2D eigenvalue weighted by Gasteiger charge is -2.32. The number of benzene rings is 2. The SMILES string of the molecule is CC(C)OC(=O)C(=O)[C@H](Cc1ccccc1)NC(=O)[C@@H]1CCCN1C(=O)[C@H](Cc1ccccc1)NC(=O)N1CCC(=O)CC1. The highest BCUT2D eigenvalue weighted by molar-refractivity contribution is 6.36. The minimum absolute atomic E-state index is 0.0737. The fourth-order valence-corrected chi connectivity index (χ4v) is 5.49. The van der Waals surface area contributed by atoms with Crippen molar-refractivity contribution < 1.29 is 33.5 Å². The first-order valence-electron chi connectivity index (χ1n) is 15.1. The van der Waals surface area contributed by atoms with Crippen molar-refractivity contribution in [1.29, 1.82) is 0 Å². The highest BCUT2D eigenvalue weighted by atomic mass is 16.5. The number of nitrogens with zero attached hydrogens (tertiary/aromatic N) is 2. The van der Waals surface area contributed by atoms with Gasteiger partial charge in [-0.15, -0.1) is 0 Å². The third-order valence-corrected chi connectivity index (χ3v) is 7.78. The van der Waals surface area contributed by atoms with Crippen LogP contribution in [0.5, 0.6) is 0 Å². The number of likely N-dealkylation sites (tertiary alicyclic amines) is 2. The molecule has 0 aliphatic carbocycles. The maximum absolute atomic E-state index is 14.0. The quantitative estimate of drug-likeness (QED) is 0.296. The average Bonchev–Trinajstić information content (AvgIpc) is 3.51. The molecule has 2 fully saturated rings. The number of ether oxygens (including phenoxy) is 1. The van der Waals surface area contributed by atoms with Gasteiger partial charge in [0.15, 0.2) is 0 Å². The molecule has 0 spiro atoms. The van der Waals surface area contributed by atoms with Gasteiger partial charge in [-0.1, -0.05) is 60.7 Å². The molecular weight excluding hydrogens is 564 g/mol. The maximum atomic E-state index is 14.0. The highest BCUT2D eigenvalue weighted by Gasteiger charge is 2.40. The molecule has 4 rings (SSSR count). The van der Waals surface area contributed by atoms with Crippen LogP contribution in [-0.4, -0.2) is 89.0 Å². The zero-order valence-electron chi connectivity index (χ0n) is 25.2. The van der Waals surface area contributed by atoms with E-state index in [1.807, 2.05) is 36.4 Å². The van der Waals surface area contributed by atoms with Crippen molar-refractivity contribution in [2.24, 2.45) is 0 Å². The molecule has 0 unspecified atom stereocenters. The molecule has 11 heteroatoms. The van der Waals surface area contributed by atoms with Crippen molar-refractivity contribution in [3.63, 3.8) is 0 Å². The summed E-state index contributed by atoms with van der Waals surface area (Å²) in [6.45, 7) is 4.12. The van der Waals surface area contributed by atoms with Gasteiger partial charge in [-0.2, -0.15) is 0 Å². The molecule has 0 aromatic heterocycles. The Labute approximate surface area is 257 Å². The summed E-state index contributed by atoms with van der Waals surface area (Å²) in [6.07, 6.45) is 1.23. The van der Waals surface area contributed by atoms with E-state index in [9.17, 15) is 28.8 Å². The summed E-state index contributed by atoms with van der Waals surface area (Å²) in [6, 6.07) is 14.8. The number of amides is 4. The first-order chi connectivity index (χ1) is 21.1. The van der Waals surface area contributed by atoms with Gasteiger partial charge in [-0.05, 0) is 37.8 Å². The lowest BCUT2D eigenvalue weighted by molar-refractivity contribution is -0.158. The minimum Gasteiger partial charge on any atom is -0.457 e. The number of Topliss-reactive ketones (excluding diaryl/α,β-unsaturated/α-hetero) is 2. The second-order valence-electron chi connectivity index (χ2n) is 11.5. The van der Waals surface area contributed by atoms with Gasteiger partial charge in [-0.25, -0.2) is 9.59 Å². The van der Waals surface area contributed by atoms with Gasteiger partial charge in [-0.3, -0.25) is 19.2 Å². The van der Waals surface area contributed by atoms with Crippen molar-refractivity contribution in [2.75, 3.05) is 19.6 Å². The molecule has 11 nitrogen and oxygen atoms in total. The van der Waals surface area contributed by atoms with Crippen LogP contribution in [0.3, 0.4) is 0 Å². The van der Waals surface area contributed by atoms with Gasteiger partial charge in [0, 0.05) is 45.3 Å². The smallest absolute Gasteiger partial charge is 0.377 e. The largest absolute Gasteiger partial charge is 0.457 e. The lowest BCUT2D eigenvalue weighted by atomic mass is 10.0. The van der Waals surface area contributed by atoms with Gasteiger partial charge < -0.3 is 25.2 Å². The maximum Gasteiger partial charge on any atom is 0.377 e. The second-order valence-corrected chi connectivity index (χ2v) is 11.5. The molecule has 2 aliphatic heterocycles. The molecule has 2 saturated heterocycles. The van der Waals surface area contributed by atoms with E-state index < -0.39 is 53.8 Å². The van der Waals surface area contributed by atoms with Crippen molar-refractivity contribution in [3.8, 4) is 0 Å². The molecule has 44 heavy (non-hydrogen) atoms. The van der Waals surface area contributed by atoms with Crippen LogP contribution in [0.25, 0.3) is 0 Å². The lowest BCUT2D eigenvalue weighted by Crippen LogP contribution is -2.58. The number of rotatable bonds is 11. The Hall–Kier alpha value is -4.54. The summed E-state index contributed by atoms with van der Waals surface area (Å²) < 4.78 is 5.11. The number of ketones is 2. The molecule has 0 saturated carbocycles. The second kappa shape index (κ2) is 15.3. The molecule has 2 aromatic rings. The van der Waals surface area contributed by atoms with Crippen LogP contribution in [0.2, 0.25) is 0 Å². The van der Waals surface area contributed by atoms with Gasteiger partial charge in [0.2, 0.25) is 11.8 Å². The van der Waals surface area contributed by atoms with E-state index in [2.05, 4.69) is 10.6 Å². The molecule has 2 aliphatic rings. The summed E-state index contributed by atoms with van der Waals surface area (Å²) >= 11 is 0. The van der Waals surface area contributed by atoms with Crippen LogP contribution in [0.15, 0.2) is 60.7 Å². The summed E-state index contributed by atoms with van der Waals surface area (Å²) in [7, 11) is 0. The molecule has 234 valence electrons. The van der Waals surface area contributed by atoms with E-state index in [4.69, 9.17) is 4.74 Å². The van der Waals surface area contributed by atoms with Crippen LogP contribution < -0.4 is 10.6 Å². The number of urea groups is 1. The van der Waals surface area contributed by atoms with Gasteiger partial charge in [0.1, 0.15) is 23.9 Å². The van der Waals surface area contributed by atoms with E-state index in [1.54, 1.807) is 38.1 Å². The van der Waals surface area contributed by atoms with Crippen LogP contribution >= 0.6 is 0 Å². The number of hydrogen-bond donors (Lipinski definition) is 2. The number of nitrogens with one attached hydrogen (secondary N) is 2. The normalized spacial score (nSPS) is 18.0. The van der Waals surface area contributed by atoms with Crippen molar-refractivity contribution in [1.82, 2.24) is 20.4 Å². The van der Waals surface area contributed by atoms with Crippen LogP contribution in [0.1, 0.15) is 50.7 Å². The standard InChI is InChI=1S/C33H40N4O7/c1-22(2)44-32(42)29(39)26(20-23-10-5-3-6-11-23)34-30(40)28-14-9-17-37(28)31(41)27(21-24-12-7-4-8-13-24)35-33(43)36-18-15-25(38)16-19-36/h3-8,10-13,22,26-28H,9,14-21H2,1-2H3,(H,34,40)(H,35,43)/t26-,27-,28-/m0/s1. The van der Waals surface area contributed by atoms with Crippen molar-refractivity contribution in [2.45, 2.75) is 76.6 Å². The fourth-order valence-electron chi connectivity index (χ4n) is 5.49. The topological polar surface area (TPSA) is 142 Å². The van der Waals surface area contributed by atoms with Crippen LogP contribution in [0.4, 0.5) is 4.79 Å². The highest BCUT2D eigenvalue weighted by Crippen LogP contribution is 2.21. The van der Waals surface area contributed by atoms with E-state index in [0.717, 1.165) is 11.1 Å². The third kappa shape index (κ3) is 8.75. The van der Waals surface area contributed by atoms with E-state index in [0.29, 0.717) is 19.4 Å². The molecule has 0 bridgehead atoms. The number of carbonyl (C=O) groups excluding carboxylic acids is 6. The average molecular weight is 605 g/mol. The zero-order valence-corrected chi connectivity index (χ0v) is 25.2. The third-order valence-electron chi connectivity index (χ3n) is 7.78. The fraction of sp³-hybridized carbons (Fsp3) is 0.455. The number of carbonyl (C=O) groups is 6. The monoisotopic (exact) mass is 604 g/mol. The predicted octanol–water partition coefficient (Wildman–Crippen LogP) is 2.21. The van der Waals surface area contributed by atoms with Gasteiger partial charge >= 0.3 is 12.0 Å². The Bertz CT molecular complexity index is 1340. The molecule has 4 amide bonds. The molecule has 0 radical (unpaired) electrons. The molecule has 3 atom stereocenters. The van der Waals surface area contributed by atoms with Crippen LogP contribution in [-0.2, 0) is 41.6 Å². The number of hydrogen-bond acceptors (Lipinski definition) is 7. The van der Waals surface area contributed by atoms with Crippen molar-refractivity contribution in [3.05, 3.63) is 71.8 Å². The Morgan fingerprint density at radius 3 is 1.95 bits per heavy atom. The van der Waals surface area contributed by atoms with E-state index in [-0.39, 0.29) is 44.6 Å². The summed E-state index contributed by atoms with van der Waals surface area (Å²) in [5, 5.41) is 5.57. The zero-order chi connectivity index (χ0) is 31.6. The van der Waals surface area contributed by atoms with Gasteiger partial charge in [0.25, 0.3) is 5.78 Å². The van der Waals surface area contributed by atoms with E-state index >= 15 is 0 Å².